The van der Waals surface area contributed by atoms with Crippen LogP contribution in [0.15, 0.2) is 22.7 Å². The number of ether oxygens (including phenoxy) is 1. The maximum absolute atomic E-state index is 11.3. The van der Waals surface area contributed by atoms with Crippen LogP contribution in [0.1, 0.15) is 26.3 Å². The quantitative estimate of drug-likeness (QED) is 0.709. The first-order valence-corrected chi connectivity index (χ1v) is 9.57. The van der Waals surface area contributed by atoms with Gasteiger partial charge in [0.15, 0.2) is 0 Å². The smallest absolute Gasteiger partial charge is 0.233 e. The van der Waals surface area contributed by atoms with E-state index in [1.54, 1.807) is 0 Å². The Labute approximate surface area is 134 Å². The van der Waals surface area contributed by atoms with E-state index in [-0.39, 0.29) is 17.1 Å². The molecule has 0 aliphatic heterocycles. The molecule has 0 aromatic heterocycles. The fraction of sp³-hybridized carbons (Fsp3) is 0.571. The van der Waals surface area contributed by atoms with Crippen LogP contribution in [0.25, 0.3) is 0 Å². The van der Waals surface area contributed by atoms with Crippen LogP contribution in [0.4, 0.5) is 0 Å². The van der Waals surface area contributed by atoms with Crippen molar-refractivity contribution in [2.45, 2.75) is 27.7 Å². The molecule has 20 heavy (non-hydrogen) atoms. The zero-order valence-electron chi connectivity index (χ0n) is 12.1. The third-order valence-corrected chi connectivity index (χ3v) is 5.27. The molecule has 0 spiro atoms. The van der Waals surface area contributed by atoms with E-state index in [1.807, 2.05) is 45.9 Å². The van der Waals surface area contributed by atoms with Gasteiger partial charge in [-0.25, -0.2) is 8.42 Å². The van der Waals surface area contributed by atoms with Crippen molar-refractivity contribution in [2.24, 2.45) is 11.3 Å². The summed E-state index contributed by atoms with van der Waals surface area (Å²) in [5, 5.41) is 0. The van der Waals surface area contributed by atoms with Crippen molar-refractivity contribution < 1.29 is 13.2 Å². The maximum atomic E-state index is 11.3. The number of halogens is 2. The highest BCUT2D eigenvalue weighted by Crippen LogP contribution is 2.29. The van der Waals surface area contributed by atoms with Crippen molar-refractivity contribution in [1.29, 1.82) is 0 Å². The van der Waals surface area contributed by atoms with E-state index in [0.717, 1.165) is 15.8 Å². The summed E-state index contributed by atoms with van der Waals surface area (Å²) in [4.78, 5) is 0. The van der Waals surface area contributed by atoms with Crippen LogP contribution in [-0.4, -0.2) is 20.8 Å². The van der Waals surface area contributed by atoms with Gasteiger partial charge in [0.05, 0.1) is 12.4 Å². The Bertz CT molecular complexity index is 564. The minimum atomic E-state index is -3.54. The van der Waals surface area contributed by atoms with Gasteiger partial charge in [0, 0.05) is 21.1 Å². The third-order valence-electron chi connectivity index (χ3n) is 3.21. The van der Waals surface area contributed by atoms with Crippen LogP contribution in [0.3, 0.4) is 0 Å². The number of benzene rings is 1. The van der Waals surface area contributed by atoms with Crippen LogP contribution in [0.5, 0.6) is 5.75 Å². The summed E-state index contributed by atoms with van der Waals surface area (Å²) in [7, 11) is 1.83. The van der Waals surface area contributed by atoms with Crippen molar-refractivity contribution in [2.75, 3.05) is 12.4 Å². The molecule has 1 atom stereocenters. The van der Waals surface area contributed by atoms with E-state index in [0.29, 0.717) is 6.61 Å². The molecule has 0 amide bonds. The van der Waals surface area contributed by atoms with Crippen LogP contribution >= 0.6 is 26.6 Å². The van der Waals surface area contributed by atoms with Gasteiger partial charge < -0.3 is 4.74 Å². The predicted octanol–water partition coefficient (Wildman–Crippen LogP) is 4.37. The molecule has 0 fully saturated rings. The first-order valence-electron chi connectivity index (χ1n) is 6.30. The molecule has 0 N–H and O–H groups in total. The molecule has 0 aliphatic carbocycles. The second kappa shape index (κ2) is 6.67. The largest absolute Gasteiger partial charge is 0.493 e. The Morgan fingerprint density at radius 1 is 1.35 bits per heavy atom. The molecule has 1 aromatic carbocycles. The van der Waals surface area contributed by atoms with Crippen LogP contribution in [-0.2, 0) is 9.05 Å². The van der Waals surface area contributed by atoms with Gasteiger partial charge in [-0.3, -0.25) is 0 Å². The van der Waals surface area contributed by atoms with Crippen molar-refractivity contribution in [3.63, 3.8) is 0 Å². The van der Waals surface area contributed by atoms with Crippen molar-refractivity contribution in [3.05, 3.63) is 28.2 Å². The molecule has 6 heteroatoms. The highest BCUT2D eigenvalue weighted by molar-refractivity contribution is 9.10. The van der Waals surface area contributed by atoms with E-state index >= 15 is 0 Å². The Balaban J connectivity index is 2.78. The lowest BCUT2D eigenvalue weighted by Crippen LogP contribution is -2.31. The van der Waals surface area contributed by atoms with Gasteiger partial charge in [0.2, 0.25) is 9.05 Å². The van der Waals surface area contributed by atoms with Crippen LogP contribution in [0, 0.1) is 18.3 Å². The normalized spacial score (nSPS) is 14.1. The highest BCUT2D eigenvalue weighted by Gasteiger charge is 2.29. The fourth-order valence-electron chi connectivity index (χ4n) is 1.69. The zero-order valence-corrected chi connectivity index (χ0v) is 15.3. The number of hydrogen-bond donors (Lipinski definition) is 0. The molecule has 0 saturated carbocycles. The summed E-state index contributed by atoms with van der Waals surface area (Å²) in [6.07, 6.45) is 0. The van der Waals surface area contributed by atoms with E-state index in [4.69, 9.17) is 15.4 Å². The molecular weight excluding hydrogens is 364 g/mol. The van der Waals surface area contributed by atoms with Crippen LogP contribution in [0.2, 0.25) is 0 Å². The summed E-state index contributed by atoms with van der Waals surface area (Å²) in [5.41, 5.74) is 0.867. The fourth-order valence-corrected chi connectivity index (χ4v) is 3.47. The Morgan fingerprint density at radius 2 is 1.95 bits per heavy atom. The molecule has 0 saturated heterocycles. The Morgan fingerprint density at radius 3 is 2.40 bits per heavy atom. The van der Waals surface area contributed by atoms with E-state index in [9.17, 15) is 8.42 Å². The second-order valence-corrected chi connectivity index (χ2v) is 9.67. The summed E-state index contributed by atoms with van der Waals surface area (Å²) >= 11 is 3.43. The standard InChI is InChI=1S/C14H20BrClO3S/c1-10-7-12(5-6-13(10)15)19-8-11(14(2,3)4)9-20(16,17)18/h5-7,11H,8-9H2,1-4H3. The zero-order chi connectivity index (χ0) is 15.6. The number of hydrogen-bond acceptors (Lipinski definition) is 3. The first kappa shape index (κ1) is 17.8. The van der Waals surface area contributed by atoms with E-state index < -0.39 is 9.05 Å². The monoisotopic (exact) mass is 382 g/mol. The third kappa shape index (κ3) is 6.02. The Kier molecular flexibility index (Phi) is 5.93. The number of rotatable bonds is 5. The summed E-state index contributed by atoms with van der Waals surface area (Å²) in [6, 6.07) is 5.68. The van der Waals surface area contributed by atoms with Gasteiger partial charge in [-0.15, -0.1) is 0 Å². The molecule has 0 heterocycles. The molecule has 0 aliphatic rings. The SMILES string of the molecule is Cc1cc(OCC(CS(=O)(=O)Cl)C(C)(C)C)ccc1Br. The van der Waals surface area contributed by atoms with Gasteiger partial charge in [-0.05, 0) is 36.1 Å². The van der Waals surface area contributed by atoms with Crippen molar-refractivity contribution in [3.8, 4) is 5.75 Å². The molecule has 114 valence electrons. The average Bonchev–Trinajstić information content (AvgIpc) is 2.26. The molecule has 1 aromatic rings. The second-order valence-electron chi connectivity index (χ2n) is 5.99. The topological polar surface area (TPSA) is 43.4 Å². The Hall–Kier alpha value is -0.260. The van der Waals surface area contributed by atoms with Gasteiger partial charge in [0.25, 0.3) is 0 Å². The lowest BCUT2D eigenvalue weighted by molar-refractivity contribution is 0.163. The van der Waals surface area contributed by atoms with Gasteiger partial charge in [-0.1, -0.05) is 36.7 Å². The summed E-state index contributed by atoms with van der Waals surface area (Å²) in [6.45, 7) is 8.24. The first-order chi connectivity index (χ1) is 8.99. The minimum absolute atomic E-state index is 0.0897. The predicted molar refractivity (Wildman–Crippen MR) is 87.0 cm³/mol. The van der Waals surface area contributed by atoms with E-state index in [1.165, 1.54) is 0 Å². The van der Waals surface area contributed by atoms with Crippen molar-refractivity contribution >= 4 is 35.7 Å². The number of aryl methyl sites for hydroxylation is 1. The molecule has 3 nitrogen and oxygen atoms in total. The highest BCUT2D eigenvalue weighted by atomic mass is 79.9. The average molecular weight is 384 g/mol. The molecular formula is C14H20BrClO3S. The maximum Gasteiger partial charge on any atom is 0.233 e. The minimum Gasteiger partial charge on any atom is -0.493 e. The molecule has 1 rings (SSSR count). The summed E-state index contributed by atoms with van der Waals surface area (Å²) < 4.78 is 29.4. The molecule has 0 bridgehead atoms. The van der Waals surface area contributed by atoms with Gasteiger partial charge >= 0.3 is 0 Å². The van der Waals surface area contributed by atoms with E-state index in [2.05, 4.69) is 15.9 Å². The summed E-state index contributed by atoms with van der Waals surface area (Å²) in [5.74, 6) is 0.467. The van der Waals surface area contributed by atoms with Gasteiger partial charge in [-0.2, -0.15) is 0 Å². The lowest BCUT2D eigenvalue weighted by atomic mass is 9.82. The lowest BCUT2D eigenvalue weighted by Gasteiger charge is -2.29. The van der Waals surface area contributed by atoms with Crippen molar-refractivity contribution in [1.82, 2.24) is 0 Å². The van der Waals surface area contributed by atoms with Gasteiger partial charge in [0.1, 0.15) is 5.75 Å². The molecule has 0 radical (unpaired) electrons. The van der Waals surface area contributed by atoms with Crippen LogP contribution < -0.4 is 4.74 Å². The molecule has 1 unspecified atom stereocenters.